The molecule has 2 N–H and O–H groups in total. The zero-order valence-electron chi connectivity index (χ0n) is 10.5. The molecule has 0 aliphatic rings. The van der Waals surface area contributed by atoms with Gasteiger partial charge in [-0.15, -0.1) is 35.3 Å². The molecule has 1 heterocycles. The van der Waals surface area contributed by atoms with Gasteiger partial charge in [-0.05, 0) is 13.8 Å². The predicted molar refractivity (Wildman–Crippen MR) is 81.2 cm³/mol. The summed E-state index contributed by atoms with van der Waals surface area (Å²) in [6.45, 7) is 4.03. The first-order valence-electron chi connectivity index (χ1n) is 5.18. The fraction of sp³-hybridized carbons (Fsp3) is 0.600. The lowest BCUT2D eigenvalue weighted by atomic mass is 10.4. The lowest BCUT2D eigenvalue weighted by Crippen LogP contribution is -2.39. The molecule has 0 saturated carbocycles. The number of nitrogens with one attached hydrogen (secondary N) is 2. The summed E-state index contributed by atoms with van der Waals surface area (Å²) in [5.41, 5.74) is 1.00. The maximum absolute atomic E-state index is 12.0. The van der Waals surface area contributed by atoms with E-state index in [1.54, 1.807) is 18.4 Å². The lowest BCUT2D eigenvalue weighted by Gasteiger charge is -2.09. The predicted octanol–water partition coefficient (Wildman–Crippen LogP) is 2.31. The Morgan fingerprint density at radius 1 is 1.39 bits per heavy atom. The Labute approximate surface area is 126 Å². The Morgan fingerprint density at radius 3 is 2.50 bits per heavy atom. The van der Waals surface area contributed by atoms with Crippen LogP contribution in [0.3, 0.4) is 0 Å². The SMILES string of the molecule is CN=C(NCc1nc(C)c(C)s1)NCC(F)F.I. The van der Waals surface area contributed by atoms with Gasteiger partial charge in [-0.25, -0.2) is 13.8 Å². The third-order valence-corrected chi connectivity index (χ3v) is 3.20. The average molecular weight is 390 g/mol. The Kier molecular flexibility index (Phi) is 8.32. The van der Waals surface area contributed by atoms with Crippen molar-refractivity contribution in [2.45, 2.75) is 26.8 Å². The van der Waals surface area contributed by atoms with Crippen molar-refractivity contribution < 1.29 is 8.78 Å². The van der Waals surface area contributed by atoms with Crippen LogP contribution in [0.25, 0.3) is 0 Å². The monoisotopic (exact) mass is 390 g/mol. The normalized spacial score (nSPS) is 11.3. The number of nitrogens with zero attached hydrogens (tertiary/aromatic N) is 2. The third-order valence-electron chi connectivity index (χ3n) is 2.13. The van der Waals surface area contributed by atoms with Crippen LogP contribution >= 0.6 is 35.3 Å². The van der Waals surface area contributed by atoms with Crippen molar-refractivity contribution in [3.8, 4) is 0 Å². The summed E-state index contributed by atoms with van der Waals surface area (Å²) in [6.07, 6.45) is -2.39. The molecule has 1 aromatic heterocycles. The standard InChI is InChI=1S/C10H16F2N4S.HI/c1-6-7(2)17-9(16-6)5-15-10(13-3)14-4-8(11)12;/h8H,4-5H2,1-3H3,(H2,13,14,15);1H. The first-order chi connectivity index (χ1) is 8.02. The number of hydrogen-bond acceptors (Lipinski definition) is 3. The number of aromatic nitrogens is 1. The number of hydrogen-bond donors (Lipinski definition) is 2. The van der Waals surface area contributed by atoms with Crippen LogP contribution in [0.5, 0.6) is 0 Å². The number of alkyl halides is 2. The molecule has 0 unspecified atom stereocenters. The Bertz CT molecular complexity index is 376. The first-order valence-corrected chi connectivity index (χ1v) is 6.00. The highest BCUT2D eigenvalue weighted by molar-refractivity contribution is 14.0. The van der Waals surface area contributed by atoms with Gasteiger partial charge in [0, 0.05) is 11.9 Å². The van der Waals surface area contributed by atoms with E-state index in [0.717, 1.165) is 15.6 Å². The molecule has 8 heteroatoms. The number of guanidine groups is 1. The van der Waals surface area contributed by atoms with Gasteiger partial charge in [0.15, 0.2) is 5.96 Å². The highest BCUT2D eigenvalue weighted by Crippen LogP contribution is 2.15. The molecule has 0 aliphatic heterocycles. The summed E-state index contributed by atoms with van der Waals surface area (Å²) in [4.78, 5) is 9.34. The van der Waals surface area contributed by atoms with E-state index in [-0.39, 0.29) is 24.0 Å². The van der Waals surface area contributed by atoms with Gasteiger partial charge in [-0.3, -0.25) is 4.99 Å². The second kappa shape index (κ2) is 8.57. The van der Waals surface area contributed by atoms with Crippen molar-refractivity contribution in [2.75, 3.05) is 13.6 Å². The second-order valence-electron chi connectivity index (χ2n) is 3.45. The fourth-order valence-corrected chi connectivity index (χ4v) is 2.04. The largest absolute Gasteiger partial charge is 0.351 e. The van der Waals surface area contributed by atoms with Gasteiger partial charge in [0.05, 0.1) is 18.8 Å². The summed E-state index contributed by atoms with van der Waals surface area (Å²) in [5.74, 6) is 0.357. The number of thiazole rings is 1. The van der Waals surface area contributed by atoms with E-state index in [0.29, 0.717) is 12.5 Å². The zero-order valence-corrected chi connectivity index (χ0v) is 13.6. The topological polar surface area (TPSA) is 49.3 Å². The van der Waals surface area contributed by atoms with E-state index in [2.05, 4.69) is 20.6 Å². The van der Waals surface area contributed by atoms with Crippen LogP contribution in [0.2, 0.25) is 0 Å². The molecule has 0 saturated heterocycles. The van der Waals surface area contributed by atoms with Crippen LogP contribution in [0.15, 0.2) is 4.99 Å². The summed E-state index contributed by atoms with van der Waals surface area (Å²) >= 11 is 1.59. The molecule has 0 atom stereocenters. The minimum Gasteiger partial charge on any atom is -0.351 e. The first kappa shape index (κ1) is 17.5. The second-order valence-corrected chi connectivity index (χ2v) is 4.73. The number of rotatable bonds is 4. The molecule has 0 bridgehead atoms. The maximum atomic E-state index is 12.0. The lowest BCUT2D eigenvalue weighted by molar-refractivity contribution is 0.152. The molecule has 0 radical (unpaired) electrons. The molecule has 0 aromatic carbocycles. The summed E-state index contributed by atoms with van der Waals surface area (Å²) in [7, 11) is 1.54. The molecule has 0 fully saturated rings. The molecular weight excluding hydrogens is 373 g/mol. The van der Waals surface area contributed by atoms with Crippen molar-refractivity contribution >= 4 is 41.3 Å². The summed E-state index contributed by atoms with van der Waals surface area (Å²) < 4.78 is 24.0. The molecule has 0 spiro atoms. The van der Waals surface area contributed by atoms with E-state index in [1.165, 1.54) is 0 Å². The van der Waals surface area contributed by atoms with Crippen LogP contribution < -0.4 is 10.6 Å². The van der Waals surface area contributed by atoms with Gasteiger partial charge in [-0.2, -0.15) is 0 Å². The Balaban J connectivity index is 0.00000289. The van der Waals surface area contributed by atoms with Crippen molar-refractivity contribution in [2.24, 2.45) is 4.99 Å². The van der Waals surface area contributed by atoms with E-state index in [1.807, 2.05) is 13.8 Å². The third kappa shape index (κ3) is 5.89. The molecule has 4 nitrogen and oxygen atoms in total. The van der Waals surface area contributed by atoms with Crippen LogP contribution in [0, 0.1) is 13.8 Å². The smallest absolute Gasteiger partial charge is 0.255 e. The van der Waals surface area contributed by atoms with Gasteiger partial charge in [0.25, 0.3) is 6.43 Å². The van der Waals surface area contributed by atoms with Crippen LogP contribution in [-0.4, -0.2) is 31.0 Å². The minimum atomic E-state index is -2.39. The van der Waals surface area contributed by atoms with E-state index in [4.69, 9.17) is 0 Å². The van der Waals surface area contributed by atoms with Crippen LogP contribution in [0.1, 0.15) is 15.6 Å². The molecule has 0 amide bonds. The van der Waals surface area contributed by atoms with Crippen LogP contribution in [0.4, 0.5) is 8.78 Å². The molecule has 1 rings (SSSR count). The van der Waals surface area contributed by atoms with Gasteiger partial charge in [-0.1, -0.05) is 0 Å². The van der Waals surface area contributed by atoms with Crippen molar-refractivity contribution in [3.05, 3.63) is 15.6 Å². The van der Waals surface area contributed by atoms with Crippen LogP contribution in [-0.2, 0) is 6.54 Å². The Hall–Kier alpha value is -0.510. The van der Waals surface area contributed by atoms with Crippen molar-refractivity contribution in [3.63, 3.8) is 0 Å². The minimum absolute atomic E-state index is 0. The molecule has 104 valence electrons. The fourth-order valence-electron chi connectivity index (χ4n) is 1.17. The molecule has 18 heavy (non-hydrogen) atoms. The van der Waals surface area contributed by atoms with E-state index in [9.17, 15) is 8.78 Å². The van der Waals surface area contributed by atoms with Gasteiger partial charge in [0.2, 0.25) is 0 Å². The van der Waals surface area contributed by atoms with Gasteiger partial charge in [0.1, 0.15) is 5.01 Å². The molecule has 1 aromatic rings. The van der Waals surface area contributed by atoms with Gasteiger partial charge < -0.3 is 10.6 Å². The highest BCUT2D eigenvalue weighted by Gasteiger charge is 2.06. The number of halogens is 3. The highest BCUT2D eigenvalue weighted by atomic mass is 127. The maximum Gasteiger partial charge on any atom is 0.255 e. The Morgan fingerprint density at radius 2 is 2.06 bits per heavy atom. The molecular formula is C10H17F2IN4S. The number of aliphatic imine (C=N–C) groups is 1. The van der Waals surface area contributed by atoms with E-state index < -0.39 is 13.0 Å². The van der Waals surface area contributed by atoms with Crippen molar-refractivity contribution in [1.82, 2.24) is 15.6 Å². The van der Waals surface area contributed by atoms with E-state index >= 15 is 0 Å². The zero-order chi connectivity index (χ0) is 12.8. The van der Waals surface area contributed by atoms with Gasteiger partial charge >= 0.3 is 0 Å². The van der Waals surface area contributed by atoms with Crippen molar-refractivity contribution in [1.29, 1.82) is 0 Å². The quantitative estimate of drug-likeness (QED) is 0.471. The summed E-state index contributed by atoms with van der Waals surface area (Å²) in [6, 6.07) is 0. The summed E-state index contributed by atoms with van der Waals surface area (Å²) in [5, 5.41) is 6.38. The number of aryl methyl sites for hydroxylation is 2. The molecule has 0 aliphatic carbocycles. The average Bonchev–Trinajstić information content (AvgIpc) is 2.58.